The second kappa shape index (κ2) is 5.88. The predicted octanol–water partition coefficient (Wildman–Crippen LogP) is 1.45. The Balaban J connectivity index is 1.99. The van der Waals surface area contributed by atoms with E-state index in [1.165, 1.54) is 18.2 Å². The molecule has 1 heterocycles. The molecule has 1 fully saturated rings. The Morgan fingerprint density at radius 2 is 2.10 bits per heavy atom. The molecule has 7 heteroatoms. The molecule has 1 aromatic rings. The van der Waals surface area contributed by atoms with Crippen LogP contribution in [-0.2, 0) is 0 Å². The molecular weight excluding hydrogens is 278 g/mol. The van der Waals surface area contributed by atoms with E-state index in [1.807, 2.05) is 14.1 Å². The Labute approximate surface area is 121 Å². The molecule has 0 unspecified atom stereocenters. The Hall–Kier alpha value is -1.47. The minimum atomic E-state index is -1.10. The van der Waals surface area contributed by atoms with Crippen LogP contribution in [0.3, 0.4) is 0 Å². The number of carbonyl (C=O) groups is 2. The van der Waals surface area contributed by atoms with Gasteiger partial charge in [0.25, 0.3) is 5.91 Å². The van der Waals surface area contributed by atoms with Crippen molar-refractivity contribution >= 4 is 23.2 Å². The quantitative estimate of drug-likeness (QED) is 0.859. The zero-order valence-corrected chi connectivity index (χ0v) is 12.5. The molecule has 0 radical (unpaired) electrons. The Morgan fingerprint density at radius 1 is 1.45 bits per heavy atom. The molecule has 0 atom stereocenters. The highest BCUT2D eigenvalue weighted by Crippen LogP contribution is 2.33. The zero-order chi connectivity index (χ0) is 14.8. The van der Waals surface area contributed by atoms with Gasteiger partial charge in [0.15, 0.2) is 0 Å². The molecule has 0 aliphatic heterocycles. The lowest BCUT2D eigenvalue weighted by atomic mass is 9.96. The highest BCUT2D eigenvalue weighted by Gasteiger charge is 2.36. The molecule has 0 bridgehead atoms. The summed E-state index contributed by atoms with van der Waals surface area (Å²) in [5.41, 5.74) is 0.195. The first-order valence-corrected chi connectivity index (χ1v) is 7.47. The van der Waals surface area contributed by atoms with Gasteiger partial charge in [-0.3, -0.25) is 4.79 Å². The molecule has 6 nitrogen and oxygen atoms in total. The summed E-state index contributed by atoms with van der Waals surface area (Å²) in [7, 11) is 4.06. The van der Waals surface area contributed by atoms with E-state index in [9.17, 15) is 9.59 Å². The molecule has 0 saturated heterocycles. The van der Waals surface area contributed by atoms with Gasteiger partial charge in [0, 0.05) is 17.5 Å². The third-order valence-corrected chi connectivity index (χ3v) is 4.81. The van der Waals surface area contributed by atoms with Crippen LogP contribution in [0.25, 0.3) is 0 Å². The van der Waals surface area contributed by atoms with Crippen molar-refractivity contribution in [2.45, 2.75) is 31.2 Å². The molecule has 20 heavy (non-hydrogen) atoms. The van der Waals surface area contributed by atoms with Crippen molar-refractivity contribution in [3.63, 3.8) is 0 Å². The van der Waals surface area contributed by atoms with Gasteiger partial charge in [0.05, 0.1) is 0 Å². The summed E-state index contributed by atoms with van der Waals surface area (Å²) >= 11 is 0.968. The second-order valence-corrected chi connectivity index (χ2v) is 6.21. The fourth-order valence-corrected chi connectivity index (χ4v) is 3.26. The van der Waals surface area contributed by atoms with Gasteiger partial charge in [-0.25, -0.2) is 9.78 Å². The molecule has 110 valence electrons. The van der Waals surface area contributed by atoms with Crippen LogP contribution in [0.15, 0.2) is 5.38 Å². The van der Waals surface area contributed by atoms with Crippen LogP contribution in [0.4, 0.5) is 0 Å². The van der Waals surface area contributed by atoms with Gasteiger partial charge in [-0.2, -0.15) is 0 Å². The maximum Gasteiger partial charge on any atom is 0.365 e. The van der Waals surface area contributed by atoms with E-state index < -0.39 is 5.97 Å². The van der Waals surface area contributed by atoms with Gasteiger partial charge in [-0.1, -0.05) is 12.8 Å². The smallest absolute Gasteiger partial charge is 0.365 e. The van der Waals surface area contributed by atoms with Crippen LogP contribution < -0.4 is 5.32 Å². The first-order valence-electron chi connectivity index (χ1n) is 6.59. The minimum Gasteiger partial charge on any atom is -0.476 e. The molecule has 1 amide bonds. The summed E-state index contributed by atoms with van der Waals surface area (Å²) in [5.74, 6) is -1.41. The van der Waals surface area contributed by atoms with Crippen LogP contribution in [0.5, 0.6) is 0 Å². The number of nitrogens with one attached hydrogen (secondary N) is 1. The van der Waals surface area contributed by atoms with Crippen molar-refractivity contribution in [3.8, 4) is 0 Å². The topological polar surface area (TPSA) is 82.5 Å². The lowest BCUT2D eigenvalue weighted by Gasteiger charge is -2.36. The lowest BCUT2D eigenvalue weighted by Crippen LogP contribution is -2.50. The van der Waals surface area contributed by atoms with E-state index in [2.05, 4.69) is 15.2 Å². The van der Waals surface area contributed by atoms with Gasteiger partial charge in [-0.15, -0.1) is 11.3 Å². The predicted molar refractivity (Wildman–Crippen MR) is 76.3 cm³/mol. The largest absolute Gasteiger partial charge is 0.476 e. The number of thiazole rings is 1. The van der Waals surface area contributed by atoms with Gasteiger partial charge in [-0.05, 0) is 26.9 Å². The Bertz CT molecular complexity index is 507. The molecule has 2 rings (SSSR count). The Morgan fingerprint density at radius 3 is 2.60 bits per heavy atom. The van der Waals surface area contributed by atoms with Crippen LogP contribution in [-0.4, -0.2) is 53.0 Å². The number of hydrogen-bond donors (Lipinski definition) is 2. The number of carbonyl (C=O) groups excluding carboxylic acids is 1. The second-order valence-electron chi connectivity index (χ2n) is 5.35. The van der Waals surface area contributed by atoms with Crippen molar-refractivity contribution in [3.05, 3.63) is 16.1 Å². The summed E-state index contributed by atoms with van der Waals surface area (Å²) in [6.45, 7) is 0.568. The summed E-state index contributed by atoms with van der Waals surface area (Å²) in [6.07, 6.45) is 4.48. The van der Waals surface area contributed by atoms with E-state index >= 15 is 0 Å². The van der Waals surface area contributed by atoms with Crippen LogP contribution in [0.1, 0.15) is 46.0 Å². The van der Waals surface area contributed by atoms with Gasteiger partial charge >= 0.3 is 5.97 Å². The fourth-order valence-electron chi connectivity index (χ4n) is 2.63. The minimum absolute atomic E-state index is 0.0152. The molecule has 1 aliphatic carbocycles. The van der Waals surface area contributed by atoms with Gasteiger partial charge < -0.3 is 15.3 Å². The summed E-state index contributed by atoms with van der Waals surface area (Å²) in [5, 5.41) is 13.1. The van der Waals surface area contributed by atoms with E-state index in [0.29, 0.717) is 6.54 Å². The molecule has 1 aliphatic rings. The first-order chi connectivity index (χ1) is 9.44. The summed E-state index contributed by atoms with van der Waals surface area (Å²) < 4.78 is 0. The molecule has 2 N–H and O–H groups in total. The monoisotopic (exact) mass is 297 g/mol. The number of carboxylic acids is 1. The molecule has 0 aromatic carbocycles. The number of hydrogen-bond acceptors (Lipinski definition) is 5. The molecular formula is C13H19N3O3S. The van der Waals surface area contributed by atoms with Crippen LogP contribution >= 0.6 is 11.3 Å². The fraction of sp³-hybridized carbons (Fsp3) is 0.615. The number of nitrogens with zero attached hydrogens (tertiary/aromatic N) is 2. The highest BCUT2D eigenvalue weighted by molar-refractivity contribution is 7.11. The van der Waals surface area contributed by atoms with Crippen molar-refractivity contribution < 1.29 is 14.7 Å². The third-order valence-electron chi connectivity index (χ3n) is 3.98. The van der Waals surface area contributed by atoms with Crippen molar-refractivity contribution in [1.29, 1.82) is 0 Å². The Kier molecular flexibility index (Phi) is 4.39. The maximum atomic E-state index is 12.0. The van der Waals surface area contributed by atoms with Crippen molar-refractivity contribution in [2.75, 3.05) is 20.6 Å². The van der Waals surface area contributed by atoms with E-state index in [1.54, 1.807) is 0 Å². The molecule has 0 spiro atoms. The average Bonchev–Trinajstić information content (AvgIpc) is 3.06. The van der Waals surface area contributed by atoms with Gasteiger partial charge in [0.1, 0.15) is 5.69 Å². The molecule has 1 aromatic heterocycles. The van der Waals surface area contributed by atoms with E-state index in [-0.39, 0.29) is 22.1 Å². The van der Waals surface area contributed by atoms with E-state index in [0.717, 1.165) is 24.2 Å². The van der Waals surface area contributed by atoms with Crippen LogP contribution in [0.2, 0.25) is 0 Å². The number of likely N-dealkylation sites (N-methyl/N-ethyl adjacent to an activating group) is 1. The van der Waals surface area contributed by atoms with Crippen LogP contribution in [0, 0.1) is 0 Å². The number of amides is 1. The normalized spacial score (nSPS) is 17.4. The standard InChI is InChI=1S/C13H19N3O3S/c1-16(2)13(5-3-4-6-13)8-14-10(17)9-7-20-11(15-9)12(18)19/h7H,3-6,8H2,1-2H3,(H,14,17)(H,18,19). The van der Waals surface area contributed by atoms with E-state index in [4.69, 9.17) is 5.11 Å². The number of rotatable bonds is 5. The maximum absolute atomic E-state index is 12.0. The number of carboxylic acid groups (broad SMARTS) is 1. The first kappa shape index (κ1) is 14.9. The number of aromatic nitrogens is 1. The highest BCUT2D eigenvalue weighted by atomic mass is 32.1. The zero-order valence-electron chi connectivity index (χ0n) is 11.7. The molecule has 1 saturated carbocycles. The number of aromatic carboxylic acids is 1. The summed E-state index contributed by atoms with van der Waals surface area (Å²) in [6, 6.07) is 0. The van der Waals surface area contributed by atoms with Gasteiger partial charge in [0.2, 0.25) is 5.01 Å². The average molecular weight is 297 g/mol. The third kappa shape index (κ3) is 2.99. The van der Waals surface area contributed by atoms with Crippen molar-refractivity contribution in [1.82, 2.24) is 15.2 Å². The summed E-state index contributed by atoms with van der Waals surface area (Å²) in [4.78, 5) is 28.8. The van der Waals surface area contributed by atoms with Crippen molar-refractivity contribution in [2.24, 2.45) is 0 Å². The lowest BCUT2D eigenvalue weighted by molar-refractivity contribution is 0.0696. The SMILES string of the molecule is CN(C)C1(CNC(=O)c2csc(C(=O)O)n2)CCCC1.